The number of aromatic nitrogens is 2. The van der Waals surface area contributed by atoms with E-state index in [2.05, 4.69) is 46.5 Å². The number of nitrogens with one attached hydrogen (secondary N) is 2. The molecule has 2 N–H and O–H groups in total. The van der Waals surface area contributed by atoms with Crippen LogP contribution in [0, 0.1) is 0 Å². The summed E-state index contributed by atoms with van der Waals surface area (Å²) in [7, 11) is 2.01. The Bertz CT molecular complexity index is 465. The molecule has 1 unspecified atom stereocenters. The first kappa shape index (κ1) is 14.2. The van der Waals surface area contributed by atoms with Gasteiger partial charge in [0.05, 0.1) is 0 Å². The van der Waals surface area contributed by atoms with Crippen molar-refractivity contribution in [3.8, 4) is 0 Å². The molecule has 0 aliphatic heterocycles. The van der Waals surface area contributed by atoms with Gasteiger partial charge in [0.15, 0.2) is 5.16 Å². The maximum absolute atomic E-state index is 4.23. The Morgan fingerprint density at radius 1 is 1.32 bits per heavy atom. The van der Waals surface area contributed by atoms with Gasteiger partial charge in [0.2, 0.25) is 0 Å². The number of hydrogen-bond acceptors (Lipinski definition) is 3. The van der Waals surface area contributed by atoms with E-state index in [0.29, 0.717) is 6.04 Å². The molecule has 0 saturated heterocycles. The Labute approximate surface area is 119 Å². The number of rotatable bonds is 7. The highest BCUT2D eigenvalue weighted by molar-refractivity contribution is 7.99. The lowest BCUT2D eigenvalue weighted by molar-refractivity contribution is 0.660. The first-order valence-corrected chi connectivity index (χ1v) is 7.70. The molecule has 0 aliphatic carbocycles. The van der Waals surface area contributed by atoms with E-state index in [9.17, 15) is 0 Å². The highest BCUT2D eigenvalue weighted by Gasteiger charge is 2.10. The van der Waals surface area contributed by atoms with Crippen LogP contribution in [0.5, 0.6) is 0 Å². The largest absolute Gasteiger partial charge is 0.340 e. The Hall–Kier alpha value is -1.26. The van der Waals surface area contributed by atoms with E-state index in [0.717, 1.165) is 17.3 Å². The minimum Gasteiger partial charge on any atom is -0.340 e. The summed E-state index contributed by atoms with van der Waals surface area (Å²) in [6.45, 7) is 2.21. The molecule has 0 radical (unpaired) electrons. The van der Waals surface area contributed by atoms with Gasteiger partial charge in [0.25, 0.3) is 0 Å². The van der Waals surface area contributed by atoms with Gasteiger partial charge in [-0.3, -0.25) is 0 Å². The molecule has 1 aromatic carbocycles. The van der Waals surface area contributed by atoms with Crippen LogP contribution in [-0.2, 0) is 6.42 Å². The Morgan fingerprint density at radius 3 is 2.68 bits per heavy atom. The maximum atomic E-state index is 4.23. The second kappa shape index (κ2) is 7.36. The highest BCUT2D eigenvalue weighted by atomic mass is 32.2. The van der Waals surface area contributed by atoms with Crippen LogP contribution in [-0.4, -0.2) is 22.8 Å². The van der Waals surface area contributed by atoms with E-state index < -0.39 is 0 Å². The van der Waals surface area contributed by atoms with Crippen molar-refractivity contribution in [1.82, 2.24) is 15.3 Å². The van der Waals surface area contributed by atoms with Gasteiger partial charge in [0, 0.05) is 24.2 Å². The predicted octanol–water partition coefficient (Wildman–Crippen LogP) is 3.42. The molecule has 0 fully saturated rings. The smallest absolute Gasteiger partial charge is 0.165 e. The second-order valence-corrected chi connectivity index (χ2v) is 5.55. The Morgan fingerprint density at radius 2 is 2.11 bits per heavy atom. The molecule has 0 spiro atoms. The van der Waals surface area contributed by atoms with Crippen molar-refractivity contribution in [1.29, 1.82) is 0 Å². The number of thioether (sulfide) groups is 1. The summed E-state index contributed by atoms with van der Waals surface area (Å²) >= 11 is 1.74. The molecular weight excluding hydrogens is 254 g/mol. The SMILES string of the molecule is CCCc1ccc(C(CSc2ncc[nH]2)NC)cc1. The summed E-state index contributed by atoms with van der Waals surface area (Å²) < 4.78 is 0. The van der Waals surface area contributed by atoms with Crippen LogP contribution in [0.2, 0.25) is 0 Å². The van der Waals surface area contributed by atoms with Gasteiger partial charge in [0.1, 0.15) is 0 Å². The van der Waals surface area contributed by atoms with Crippen molar-refractivity contribution >= 4 is 11.8 Å². The third-order valence-electron chi connectivity index (χ3n) is 3.13. The fourth-order valence-corrected chi connectivity index (χ4v) is 3.01. The zero-order valence-electron chi connectivity index (χ0n) is 11.5. The number of imidazole rings is 1. The second-order valence-electron chi connectivity index (χ2n) is 4.54. The summed E-state index contributed by atoms with van der Waals surface area (Å²) in [5, 5.41) is 4.34. The lowest BCUT2D eigenvalue weighted by atomic mass is 10.0. The maximum Gasteiger partial charge on any atom is 0.165 e. The van der Waals surface area contributed by atoms with Crippen molar-refractivity contribution in [3.05, 3.63) is 47.8 Å². The molecule has 2 rings (SSSR count). The minimum atomic E-state index is 0.353. The zero-order valence-corrected chi connectivity index (χ0v) is 12.3. The molecule has 3 nitrogen and oxygen atoms in total. The van der Waals surface area contributed by atoms with Gasteiger partial charge < -0.3 is 10.3 Å². The molecule has 1 atom stereocenters. The van der Waals surface area contributed by atoms with Crippen LogP contribution < -0.4 is 5.32 Å². The summed E-state index contributed by atoms with van der Waals surface area (Å²) in [6.07, 6.45) is 6.00. The van der Waals surface area contributed by atoms with Crippen LogP contribution in [0.25, 0.3) is 0 Å². The van der Waals surface area contributed by atoms with Gasteiger partial charge in [-0.05, 0) is 24.6 Å². The number of H-pyrrole nitrogens is 1. The number of nitrogens with zero attached hydrogens (tertiary/aromatic N) is 1. The average Bonchev–Trinajstić information content (AvgIpc) is 2.95. The summed E-state index contributed by atoms with van der Waals surface area (Å²) in [6, 6.07) is 9.29. The Balaban J connectivity index is 1.96. The number of benzene rings is 1. The minimum absolute atomic E-state index is 0.353. The molecule has 0 amide bonds. The van der Waals surface area contributed by atoms with Crippen LogP contribution in [0.4, 0.5) is 0 Å². The lowest BCUT2D eigenvalue weighted by Crippen LogP contribution is -2.18. The van der Waals surface area contributed by atoms with Crippen LogP contribution in [0.3, 0.4) is 0 Å². The van der Waals surface area contributed by atoms with E-state index >= 15 is 0 Å². The van der Waals surface area contributed by atoms with Crippen molar-refractivity contribution in [2.45, 2.75) is 31.0 Å². The fourth-order valence-electron chi connectivity index (χ4n) is 2.04. The van der Waals surface area contributed by atoms with Crippen molar-refractivity contribution < 1.29 is 0 Å². The van der Waals surface area contributed by atoms with Crippen LogP contribution in [0.15, 0.2) is 41.8 Å². The van der Waals surface area contributed by atoms with Gasteiger partial charge in [-0.1, -0.05) is 49.4 Å². The number of hydrogen-bond donors (Lipinski definition) is 2. The molecule has 0 saturated carbocycles. The quantitative estimate of drug-likeness (QED) is 0.761. The van der Waals surface area contributed by atoms with E-state index in [1.54, 1.807) is 18.0 Å². The summed E-state index contributed by atoms with van der Waals surface area (Å²) in [4.78, 5) is 7.35. The molecule has 102 valence electrons. The number of aryl methyl sites for hydroxylation is 1. The fraction of sp³-hybridized carbons (Fsp3) is 0.400. The van der Waals surface area contributed by atoms with E-state index in [1.807, 2.05) is 13.2 Å². The molecule has 2 aromatic rings. The third-order valence-corrected chi connectivity index (χ3v) is 4.13. The van der Waals surface area contributed by atoms with Crippen molar-refractivity contribution in [2.24, 2.45) is 0 Å². The van der Waals surface area contributed by atoms with Crippen molar-refractivity contribution in [3.63, 3.8) is 0 Å². The van der Waals surface area contributed by atoms with E-state index in [-0.39, 0.29) is 0 Å². The molecule has 1 aromatic heterocycles. The standard InChI is InChI=1S/C15H21N3S/c1-3-4-12-5-7-13(8-6-12)14(16-2)11-19-15-17-9-10-18-15/h5-10,14,16H,3-4,11H2,1-2H3,(H,17,18). The van der Waals surface area contributed by atoms with Gasteiger partial charge in [-0.15, -0.1) is 0 Å². The molecule has 1 heterocycles. The van der Waals surface area contributed by atoms with Crippen LogP contribution >= 0.6 is 11.8 Å². The molecular formula is C15H21N3S. The normalized spacial score (nSPS) is 12.5. The van der Waals surface area contributed by atoms with E-state index in [1.165, 1.54) is 17.5 Å². The summed E-state index contributed by atoms with van der Waals surface area (Å²) in [5.74, 6) is 0.969. The summed E-state index contributed by atoms with van der Waals surface area (Å²) in [5.41, 5.74) is 2.75. The lowest BCUT2D eigenvalue weighted by Gasteiger charge is -2.16. The van der Waals surface area contributed by atoms with Gasteiger partial charge in [-0.25, -0.2) is 4.98 Å². The van der Waals surface area contributed by atoms with Crippen molar-refractivity contribution in [2.75, 3.05) is 12.8 Å². The predicted molar refractivity (Wildman–Crippen MR) is 81.5 cm³/mol. The molecule has 0 aliphatic rings. The highest BCUT2D eigenvalue weighted by Crippen LogP contribution is 2.22. The first-order valence-electron chi connectivity index (χ1n) is 6.71. The third kappa shape index (κ3) is 4.11. The van der Waals surface area contributed by atoms with Gasteiger partial charge in [-0.2, -0.15) is 0 Å². The Kier molecular flexibility index (Phi) is 5.48. The zero-order chi connectivity index (χ0) is 13.5. The topological polar surface area (TPSA) is 40.7 Å². The van der Waals surface area contributed by atoms with E-state index in [4.69, 9.17) is 0 Å². The average molecular weight is 275 g/mol. The van der Waals surface area contributed by atoms with Crippen LogP contribution in [0.1, 0.15) is 30.5 Å². The first-order chi connectivity index (χ1) is 9.33. The molecule has 0 bridgehead atoms. The monoisotopic (exact) mass is 275 g/mol. The van der Waals surface area contributed by atoms with Gasteiger partial charge >= 0.3 is 0 Å². The molecule has 19 heavy (non-hydrogen) atoms. The molecule has 4 heteroatoms. The number of aromatic amines is 1.